The molecule has 2 aromatic carbocycles. The van der Waals surface area contributed by atoms with E-state index in [0.717, 1.165) is 11.1 Å². The molecule has 1 aliphatic heterocycles. The van der Waals surface area contributed by atoms with Crippen LogP contribution in [0.1, 0.15) is 31.9 Å². The lowest BCUT2D eigenvalue weighted by Gasteiger charge is -2.35. The molecule has 11 heteroatoms. The Morgan fingerprint density at radius 1 is 0.744 bits per heavy atom. The molecule has 1 heterocycles. The molecule has 0 spiro atoms. The number of ether oxygens (including phenoxy) is 4. The highest BCUT2D eigenvalue weighted by atomic mass is 16.6. The average molecular weight is 599 g/mol. The topological polar surface area (TPSA) is 110 Å². The van der Waals surface area contributed by atoms with Crippen molar-refractivity contribution in [1.82, 2.24) is 20.0 Å². The van der Waals surface area contributed by atoms with Gasteiger partial charge in [-0.25, -0.2) is 9.59 Å². The number of esters is 1. The molecule has 0 aliphatic carbocycles. The molecule has 1 atom stereocenters. The van der Waals surface area contributed by atoms with Crippen LogP contribution in [-0.2, 0) is 37.0 Å². The molecular weight excluding hydrogens is 552 g/mol. The third kappa shape index (κ3) is 12.2. The maximum atomic E-state index is 13.1. The molecule has 0 saturated carbocycles. The van der Waals surface area contributed by atoms with Gasteiger partial charge < -0.3 is 34.1 Å². The van der Waals surface area contributed by atoms with E-state index in [1.807, 2.05) is 86.3 Å². The van der Waals surface area contributed by atoms with Crippen LogP contribution >= 0.6 is 0 Å². The number of hydrogen-bond donors (Lipinski definition) is 1. The Hall–Kier alpha value is -3.67. The number of carbonyl (C=O) groups is 3. The number of nitrogens with one attached hydrogen (secondary N) is 1. The molecule has 1 aliphatic rings. The Kier molecular flexibility index (Phi) is 13.7. The van der Waals surface area contributed by atoms with Crippen molar-refractivity contribution < 1.29 is 33.3 Å². The summed E-state index contributed by atoms with van der Waals surface area (Å²) in [5.74, 6) is -0.450. The largest absolute Gasteiger partial charge is 0.468 e. The van der Waals surface area contributed by atoms with Crippen molar-refractivity contribution in [3.8, 4) is 0 Å². The second kappa shape index (κ2) is 17.4. The lowest BCUT2D eigenvalue weighted by molar-refractivity contribution is -0.152. The second-order valence-corrected chi connectivity index (χ2v) is 11.3. The molecule has 1 fully saturated rings. The summed E-state index contributed by atoms with van der Waals surface area (Å²) in [6.45, 7) is 9.22. The number of nitrogens with zero attached hydrogens (tertiary/aromatic N) is 3. The van der Waals surface area contributed by atoms with Crippen LogP contribution in [0.25, 0.3) is 0 Å². The van der Waals surface area contributed by atoms with E-state index in [0.29, 0.717) is 52.4 Å². The zero-order valence-corrected chi connectivity index (χ0v) is 25.8. The highest BCUT2D eigenvalue weighted by molar-refractivity contribution is 5.76. The smallest absolute Gasteiger partial charge is 0.410 e. The van der Waals surface area contributed by atoms with E-state index < -0.39 is 29.8 Å². The Labute approximate surface area is 255 Å². The number of hydrogen-bond acceptors (Lipinski definition) is 9. The highest BCUT2D eigenvalue weighted by Crippen LogP contribution is 2.13. The molecule has 2 amide bonds. The minimum absolute atomic E-state index is 0.0919. The average Bonchev–Trinajstić information content (AvgIpc) is 3.00. The van der Waals surface area contributed by atoms with Crippen LogP contribution in [0.5, 0.6) is 0 Å². The van der Waals surface area contributed by atoms with Gasteiger partial charge in [0.2, 0.25) is 0 Å². The van der Waals surface area contributed by atoms with Crippen molar-refractivity contribution in [2.75, 3.05) is 66.1 Å². The van der Waals surface area contributed by atoms with Crippen molar-refractivity contribution in [1.29, 1.82) is 0 Å². The molecular formula is C32H46N4O7. The van der Waals surface area contributed by atoms with Crippen LogP contribution in [0.4, 0.5) is 9.59 Å². The highest BCUT2D eigenvalue weighted by Gasteiger charge is 2.31. The first kappa shape index (κ1) is 33.8. The number of amides is 2. The lowest BCUT2D eigenvalue weighted by atomic mass is 10.2. The van der Waals surface area contributed by atoms with Gasteiger partial charge in [0, 0.05) is 52.4 Å². The van der Waals surface area contributed by atoms with Gasteiger partial charge in [0.25, 0.3) is 0 Å². The Balaban J connectivity index is 1.74. The van der Waals surface area contributed by atoms with Gasteiger partial charge in [-0.05, 0) is 31.9 Å². The third-order valence-electron chi connectivity index (χ3n) is 6.95. The fourth-order valence-corrected chi connectivity index (χ4v) is 4.47. The van der Waals surface area contributed by atoms with Gasteiger partial charge in [-0.1, -0.05) is 60.7 Å². The molecule has 236 valence electrons. The SMILES string of the molecule is COC(=O)C(COC(C)(C)C)N1CCN(C(=O)OCc2ccccc2)CCNCCN(C(=O)OCc2ccccc2)CC1. The quantitative estimate of drug-likeness (QED) is 0.361. The molecule has 2 aromatic rings. The second-order valence-electron chi connectivity index (χ2n) is 11.3. The minimum Gasteiger partial charge on any atom is -0.468 e. The minimum atomic E-state index is -0.741. The Morgan fingerprint density at radius 2 is 1.21 bits per heavy atom. The molecule has 1 unspecified atom stereocenters. The molecule has 11 nitrogen and oxygen atoms in total. The number of methoxy groups -OCH3 is 1. The zero-order chi connectivity index (χ0) is 31.1. The molecule has 0 aromatic heterocycles. The molecule has 0 bridgehead atoms. The third-order valence-corrected chi connectivity index (χ3v) is 6.95. The summed E-state index contributed by atoms with van der Waals surface area (Å²) < 4.78 is 22.4. The van der Waals surface area contributed by atoms with Crippen LogP contribution in [-0.4, -0.2) is 111 Å². The van der Waals surface area contributed by atoms with E-state index in [4.69, 9.17) is 18.9 Å². The summed E-state index contributed by atoms with van der Waals surface area (Å²) in [4.78, 5) is 44.4. The standard InChI is InChI=1S/C32H46N4O7/c1-32(2,3)43-25-28(29(37)40-4)34-19-21-35(30(38)41-23-26-11-7-5-8-12-26)17-15-33-16-18-36(22-20-34)31(39)42-24-27-13-9-6-10-14-27/h5-14,28,33H,15-25H2,1-4H3. The summed E-state index contributed by atoms with van der Waals surface area (Å²) in [7, 11) is 1.34. The monoisotopic (exact) mass is 598 g/mol. The van der Waals surface area contributed by atoms with E-state index in [-0.39, 0.29) is 19.8 Å². The molecule has 0 radical (unpaired) electrons. The van der Waals surface area contributed by atoms with Crippen LogP contribution in [0.2, 0.25) is 0 Å². The van der Waals surface area contributed by atoms with Crippen LogP contribution < -0.4 is 5.32 Å². The van der Waals surface area contributed by atoms with Gasteiger partial charge in [0.15, 0.2) is 0 Å². The first-order chi connectivity index (χ1) is 20.7. The first-order valence-corrected chi connectivity index (χ1v) is 14.7. The van der Waals surface area contributed by atoms with Gasteiger partial charge in [-0.3, -0.25) is 9.69 Å². The fourth-order valence-electron chi connectivity index (χ4n) is 4.47. The number of benzene rings is 2. The summed E-state index contributed by atoms with van der Waals surface area (Å²) in [5, 5.41) is 3.31. The molecule has 1 saturated heterocycles. The van der Waals surface area contributed by atoms with E-state index >= 15 is 0 Å². The van der Waals surface area contributed by atoms with Gasteiger partial charge >= 0.3 is 18.2 Å². The summed E-state index contributed by atoms with van der Waals surface area (Å²) in [6, 6.07) is 18.3. The summed E-state index contributed by atoms with van der Waals surface area (Å²) in [6.07, 6.45) is -0.872. The van der Waals surface area contributed by atoms with Gasteiger partial charge in [0.05, 0.1) is 19.3 Å². The van der Waals surface area contributed by atoms with Gasteiger partial charge in [-0.15, -0.1) is 0 Å². The zero-order valence-electron chi connectivity index (χ0n) is 25.8. The van der Waals surface area contributed by atoms with Crippen molar-refractivity contribution in [3.05, 3.63) is 71.8 Å². The van der Waals surface area contributed by atoms with E-state index in [1.54, 1.807) is 9.80 Å². The predicted molar refractivity (Wildman–Crippen MR) is 162 cm³/mol. The van der Waals surface area contributed by atoms with Crippen molar-refractivity contribution >= 4 is 18.2 Å². The number of carbonyl (C=O) groups excluding carboxylic acids is 3. The van der Waals surface area contributed by atoms with Crippen molar-refractivity contribution in [2.24, 2.45) is 0 Å². The van der Waals surface area contributed by atoms with Crippen molar-refractivity contribution in [2.45, 2.75) is 45.6 Å². The Morgan fingerprint density at radius 3 is 1.63 bits per heavy atom. The van der Waals surface area contributed by atoms with Crippen LogP contribution in [0.15, 0.2) is 60.7 Å². The summed E-state index contributed by atoms with van der Waals surface area (Å²) >= 11 is 0. The predicted octanol–water partition coefficient (Wildman–Crippen LogP) is 3.53. The normalized spacial score (nSPS) is 16.4. The van der Waals surface area contributed by atoms with E-state index in [9.17, 15) is 14.4 Å². The molecule has 43 heavy (non-hydrogen) atoms. The number of rotatable bonds is 8. The maximum absolute atomic E-state index is 13.1. The van der Waals surface area contributed by atoms with Gasteiger partial charge in [-0.2, -0.15) is 0 Å². The fraction of sp³-hybridized carbons (Fsp3) is 0.531. The molecule has 3 rings (SSSR count). The van der Waals surface area contributed by atoms with Crippen LogP contribution in [0, 0.1) is 0 Å². The van der Waals surface area contributed by atoms with E-state index in [1.165, 1.54) is 7.11 Å². The lowest BCUT2D eigenvalue weighted by Crippen LogP contribution is -2.53. The first-order valence-electron chi connectivity index (χ1n) is 14.7. The van der Waals surface area contributed by atoms with E-state index in [2.05, 4.69) is 5.32 Å². The van der Waals surface area contributed by atoms with Gasteiger partial charge in [0.1, 0.15) is 19.3 Å². The Bertz CT molecular complexity index is 1060. The summed E-state index contributed by atoms with van der Waals surface area (Å²) in [5.41, 5.74) is 1.31. The van der Waals surface area contributed by atoms with Crippen molar-refractivity contribution in [3.63, 3.8) is 0 Å². The maximum Gasteiger partial charge on any atom is 0.410 e. The molecule has 1 N–H and O–H groups in total. The van der Waals surface area contributed by atoms with Crippen LogP contribution in [0.3, 0.4) is 0 Å².